The third kappa shape index (κ3) is 5.16. The highest BCUT2D eigenvalue weighted by molar-refractivity contribution is 7.07. The molecule has 0 saturated carbocycles. The van der Waals surface area contributed by atoms with Gasteiger partial charge in [0.1, 0.15) is 11.9 Å². The van der Waals surface area contributed by atoms with Gasteiger partial charge in [0.2, 0.25) is 5.91 Å². The third-order valence-electron chi connectivity index (χ3n) is 3.30. The van der Waals surface area contributed by atoms with E-state index < -0.39 is 6.10 Å². The van der Waals surface area contributed by atoms with Crippen molar-refractivity contribution in [3.05, 3.63) is 52.2 Å². The minimum atomic E-state index is -0.478. The molecule has 0 aliphatic carbocycles. The standard InChI is InChI=1S/C17H21NO3S/c1-13(17(19)18-8-6-14-7-9-22-12-14)21-11-15-4-3-5-16(10-15)20-2/h3-5,7,9-10,12-13H,6,8,11H2,1-2H3,(H,18,19)/t13-/m1/s1. The fraction of sp³-hybridized carbons (Fsp3) is 0.353. The lowest BCUT2D eigenvalue weighted by Gasteiger charge is -2.13. The first-order valence-electron chi connectivity index (χ1n) is 7.22. The molecule has 0 aliphatic heterocycles. The molecule has 1 aromatic carbocycles. The highest BCUT2D eigenvalue weighted by atomic mass is 32.1. The molecule has 5 heteroatoms. The smallest absolute Gasteiger partial charge is 0.248 e. The Morgan fingerprint density at radius 2 is 2.18 bits per heavy atom. The van der Waals surface area contributed by atoms with Gasteiger partial charge in [0.25, 0.3) is 0 Å². The summed E-state index contributed by atoms with van der Waals surface area (Å²) in [7, 11) is 1.63. The van der Waals surface area contributed by atoms with Crippen LogP contribution >= 0.6 is 11.3 Å². The molecule has 1 atom stereocenters. The molecule has 118 valence electrons. The van der Waals surface area contributed by atoms with E-state index >= 15 is 0 Å². The van der Waals surface area contributed by atoms with Gasteiger partial charge in [-0.15, -0.1) is 0 Å². The van der Waals surface area contributed by atoms with Crippen molar-refractivity contribution in [1.82, 2.24) is 5.32 Å². The molecule has 0 unspecified atom stereocenters. The number of benzene rings is 1. The van der Waals surface area contributed by atoms with Crippen LogP contribution in [0.4, 0.5) is 0 Å². The average molecular weight is 319 g/mol. The molecule has 1 N–H and O–H groups in total. The van der Waals surface area contributed by atoms with E-state index in [0.717, 1.165) is 17.7 Å². The molecule has 1 amide bonds. The molecule has 0 bridgehead atoms. The number of hydrogen-bond donors (Lipinski definition) is 1. The van der Waals surface area contributed by atoms with Crippen LogP contribution in [0.1, 0.15) is 18.1 Å². The van der Waals surface area contributed by atoms with Gasteiger partial charge in [0, 0.05) is 6.54 Å². The number of thiophene rings is 1. The largest absolute Gasteiger partial charge is 0.497 e. The SMILES string of the molecule is COc1cccc(CO[C@H](C)C(=O)NCCc2ccsc2)c1. The maximum Gasteiger partial charge on any atom is 0.248 e. The predicted octanol–water partition coefficient (Wildman–Crippen LogP) is 3.02. The lowest BCUT2D eigenvalue weighted by atomic mass is 10.2. The highest BCUT2D eigenvalue weighted by Gasteiger charge is 2.13. The van der Waals surface area contributed by atoms with E-state index in [9.17, 15) is 4.79 Å². The summed E-state index contributed by atoms with van der Waals surface area (Å²) in [5.41, 5.74) is 2.23. The zero-order chi connectivity index (χ0) is 15.8. The van der Waals surface area contributed by atoms with Crippen LogP contribution in [-0.4, -0.2) is 25.7 Å². The molecule has 0 spiro atoms. The Morgan fingerprint density at radius 3 is 2.91 bits per heavy atom. The fourth-order valence-electron chi connectivity index (χ4n) is 1.97. The molecular weight excluding hydrogens is 298 g/mol. The van der Waals surface area contributed by atoms with Crippen LogP contribution in [0.25, 0.3) is 0 Å². The van der Waals surface area contributed by atoms with E-state index in [-0.39, 0.29) is 5.91 Å². The number of carbonyl (C=O) groups is 1. The van der Waals surface area contributed by atoms with E-state index in [4.69, 9.17) is 9.47 Å². The molecule has 22 heavy (non-hydrogen) atoms. The fourth-order valence-corrected chi connectivity index (χ4v) is 2.67. The van der Waals surface area contributed by atoms with Gasteiger partial charge in [-0.25, -0.2) is 0 Å². The summed E-state index contributed by atoms with van der Waals surface area (Å²) < 4.78 is 10.8. The van der Waals surface area contributed by atoms with Gasteiger partial charge in [0.15, 0.2) is 0 Å². The molecule has 2 rings (SSSR count). The first kappa shape index (κ1) is 16.5. The van der Waals surface area contributed by atoms with Crippen molar-refractivity contribution in [2.45, 2.75) is 26.1 Å². The molecule has 0 radical (unpaired) electrons. The topological polar surface area (TPSA) is 47.6 Å². The lowest BCUT2D eigenvalue weighted by molar-refractivity contribution is -0.132. The molecular formula is C17H21NO3S. The first-order chi connectivity index (χ1) is 10.7. The number of rotatable bonds is 8. The number of nitrogens with one attached hydrogen (secondary N) is 1. The van der Waals surface area contributed by atoms with Crippen molar-refractivity contribution < 1.29 is 14.3 Å². The summed E-state index contributed by atoms with van der Waals surface area (Å²) in [5.74, 6) is 0.701. The Labute approximate surface area is 135 Å². The summed E-state index contributed by atoms with van der Waals surface area (Å²) in [6.07, 6.45) is 0.367. The van der Waals surface area contributed by atoms with Crippen molar-refractivity contribution in [2.24, 2.45) is 0 Å². The Balaban J connectivity index is 1.71. The zero-order valence-electron chi connectivity index (χ0n) is 12.9. The maximum atomic E-state index is 12.0. The summed E-state index contributed by atoms with van der Waals surface area (Å²) in [4.78, 5) is 12.0. The second-order valence-electron chi connectivity index (χ2n) is 4.98. The molecule has 0 aliphatic rings. The molecule has 1 heterocycles. The monoisotopic (exact) mass is 319 g/mol. The Morgan fingerprint density at radius 1 is 1.32 bits per heavy atom. The van der Waals surface area contributed by atoms with Gasteiger partial charge in [-0.05, 0) is 53.4 Å². The molecule has 4 nitrogen and oxygen atoms in total. The van der Waals surface area contributed by atoms with Crippen LogP contribution < -0.4 is 10.1 Å². The number of methoxy groups -OCH3 is 1. The second kappa shape index (κ2) is 8.56. The normalized spacial score (nSPS) is 11.9. The quantitative estimate of drug-likeness (QED) is 0.813. The van der Waals surface area contributed by atoms with E-state index in [2.05, 4.69) is 16.8 Å². The van der Waals surface area contributed by atoms with Gasteiger partial charge in [-0.2, -0.15) is 11.3 Å². The highest BCUT2D eigenvalue weighted by Crippen LogP contribution is 2.14. The van der Waals surface area contributed by atoms with Crippen molar-refractivity contribution in [3.63, 3.8) is 0 Å². The Hall–Kier alpha value is -1.85. The van der Waals surface area contributed by atoms with Crippen molar-refractivity contribution in [2.75, 3.05) is 13.7 Å². The Bertz CT molecular complexity index is 583. The average Bonchev–Trinajstić information content (AvgIpc) is 3.06. The second-order valence-corrected chi connectivity index (χ2v) is 5.76. The van der Waals surface area contributed by atoms with Crippen LogP contribution in [0.2, 0.25) is 0 Å². The van der Waals surface area contributed by atoms with Crippen molar-refractivity contribution in [3.8, 4) is 5.75 Å². The minimum Gasteiger partial charge on any atom is -0.497 e. The van der Waals surface area contributed by atoms with Crippen LogP contribution in [0.15, 0.2) is 41.1 Å². The number of amides is 1. The molecule has 2 aromatic rings. The van der Waals surface area contributed by atoms with E-state index in [1.807, 2.05) is 29.6 Å². The van der Waals surface area contributed by atoms with Crippen LogP contribution in [0.5, 0.6) is 5.75 Å². The number of ether oxygens (including phenoxy) is 2. The number of hydrogen-bond acceptors (Lipinski definition) is 4. The maximum absolute atomic E-state index is 12.0. The summed E-state index contributed by atoms with van der Waals surface area (Å²) in [6.45, 7) is 2.78. The van der Waals surface area contributed by atoms with Crippen LogP contribution in [0, 0.1) is 0 Å². The van der Waals surface area contributed by atoms with Crippen LogP contribution in [0.3, 0.4) is 0 Å². The lowest BCUT2D eigenvalue weighted by Crippen LogP contribution is -2.35. The molecule has 0 fully saturated rings. The van der Waals surface area contributed by atoms with E-state index in [1.165, 1.54) is 5.56 Å². The third-order valence-corrected chi connectivity index (χ3v) is 4.03. The van der Waals surface area contributed by atoms with Crippen LogP contribution in [-0.2, 0) is 22.6 Å². The van der Waals surface area contributed by atoms with Crippen molar-refractivity contribution in [1.29, 1.82) is 0 Å². The van der Waals surface area contributed by atoms with Gasteiger partial charge in [-0.3, -0.25) is 4.79 Å². The first-order valence-corrected chi connectivity index (χ1v) is 8.16. The van der Waals surface area contributed by atoms with Gasteiger partial charge >= 0.3 is 0 Å². The number of carbonyl (C=O) groups excluding carboxylic acids is 1. The predicted molar refractivity (Wildman–Crippen MR) is 88.3 cm³/mol. The van der Waals surface area contributed by atoms with E-state index in [1.54, 1.807) is 25.4 Å². The summed E-state index contributed by atoms with van der Waals surface area (Å²) >= 11 is 1.67. The summed E-state index contributed by atoms with van der Waals surface area (Å²) in [6, 6.07) is 9.71. The zero-order valence-corrected chi connectivity index (χ0v) is 13.7. The van der Waals surface area contributed by atoms with E-state index in [0.29, 0.717) is 13.2 Å². The van der Waals surface area contributed by atoms with Crippen molar-refractivity contribution >= 4 is 17.2 Å². The Kier molecular flexibility index (Phi) is 6.43. The minimum absolute atomic E-state index is 0.0851. The van der Waals surface area contributed by atoms with Gasteiger partial charge in [-0.1, -0.05) is 12.1 Å². The van der Waals surface area contributed by atoms with Gasteiger partial charge < -0.3 is 14.8 Å². The van der Waals surface area contributed by atoms with Gasteiger partial charge in [0.05, 0.1) is 13.7 Å². The molecule has 0 saturated heterocycles. The summed E-state index contributed by atoms with van der Waals surface area (Å²) in [5, 5.41) is 7.03. The molecule has 1 aromatic heterocycles.